The molecule has 2 aromatic rings. The molecule has 3 rings (SSSR count). The van der Waals surface area contributed by atoms with Gasteiger partial charge in [0.1, 0.15) is 13.1 Å². The number of aromatic nitrogens is 2. The summed E-state index contributed by atoms with van der Waals surface area (Å²) >= 11 is 0. The predicted molar refractivity (Wildman–Crippen MR) is 97.6 cm³/mol. The molecule has 132 valence electrons. The number of piperazine rings is 1. The summed E-state index contributed by atoms with van der Waals surface area (Å²) < 4.78 is 0.708. The van der Waals surface area contributed by atoms with Gasteiger partial charge in [0.25, 0.3) is 0 Å². The summed E-state index contributed by atoms with van der Waals surface area (Å²) in [6.45, 7) is 7.49. The van der Waals surface area contributed by atoms with Crippen molar-refractivity contribution >= 4 is 11.9 Å². The van der Waals surface area contributed by atoms with Crippen molar-refractivity contribution in [2.75, 3.05) is 32.7 Å². The number of pyridine rings is 2. The number of carboxylic acid groups (broad SMARTS) is 1. The van der Waals surface area contributed by atoms with E-state index in [1.54, 1.807) is 0 Å². The monoisotopic (exact) mass is 341 g/mol. The van der Waals surface area contributed by atoms with Gasteiger partial charge in [0, 0.05) is 30.6 Å². The maximum absolute atomic E-state index is 11.3. The molecule has 1 amide bonds. The molecule has 6 heteroatoms. The lowest BCUT2D eigenvalue weighted by molar-refractivity contribution is 0.106. The fourth-order valence-electron chi connectivity index (χ4n) is 3.32. The van der Waals surface area contributed by atoms with Gasteiger partial charge in [-0.15, -0.1) is 0 Å². The van der Waals surface area contributed by atoms with Gasteiger partial charge in [0.05, 0.1) is 19.6 Å². The second-order valence-corrected chi connectivity index (χ2v) is 6.86. The van der Waals surface area contributed by atoms with Crippen LogP contribution in [0.1, 0.15) is 16.8 Å². The number of hydrogen-bond donors (Lipinski definition) is 1. The Balaban J connectivity index is 1.80. The van der Waals surface area contributed by atoms with Gasteiger partial charge in [0.15, 0.2) is 0 Å². The van der Waals surface area contributed by atoms with Crippen LogP contribution in [0.5, 0.6) is 0 Å². The van der Waals surface area contributed by atoms with Crippen molar-refractivity contribution in [1.82, 2.24) is 19.4 Å². The summed E-state index contributed by atoms with van der Waals surface area (Å²) in [5, 5.41) is 9.24. The molecule has 0 aliphatic carbocycles. The molecular formula is C19H25N4O2+. The lowest BCUT2D eigenvalue weighted by Gasteiger charge is -2.42. The Bertz CT molecular complexity index is 720. The molecule has 1 saturated heterocycles. The van der Waals surface area contributed by atoms with E-state index in [1.807, 2.05) is 26.2 Å². The van der Waals surface area contributed by atoms with E-state index in [0.717, 1.165) is 48.7 Å². The van der Waals surface area contributed by atoms with Crippen LogP contribution in [-0.2, 0) is 6.42 Å². The fourth-order valence-corrected chi connectivity index (χ4v) is 3.32. The zero-order valence-electron chi connectivity index (χ0n) is 14.9. The molecule has 25 heavy (non-hydrogen) atoms. The van der Waals surface area contributed by atoms with Crippen molar-refractivity contribution in [3.05, 3.63) is 53.5 Å². The van der Waals surface area contributed by atoms with E-state index in [-0.39, 0.29) is 0 Å². The van der Waals surface area contributed by atoms with Crippen LogP contribution in [0.4, 0.5) is 10.6 Å². The van der Waals surface area contributed by atoms with Gasteiger partial charge in [-0.25, -0.2) is 9.78 Å². The molecule has 1 N–H and O–H groups in total. The number of hydrogen-bond acceptors (Lipinski definition) is 3. The van der Waals surface area contributed by atoms with Gasteiger partial charge in [-0.2, -0.15) is 0 Å². The molecule has 1 aliphatic heterocycles. The topological polar surface area (TPSA) is 66.3 Å². The molecule has 0 spiro atoms. The van der Waals surface area contributed by atoms with Crippen LogP contribution in [0, 0.1) is 13.8 Å². The minimum Gasteiger partial charge on any atom is -0.465 e. The summed E-state index contributed by atoms with van der Waals surface area (Å²) in [6.07, 6.45) is 3.80. The van der Waals surface area contributed by atoms with Gasteiger partial charge < -0.3 is 5.11 Å². The third-order valence-corrected chi connectivity index (χ3v) is 5.02. The van der Waals surface area contributed by atoms with Crippen molar-refractivity contribution in [3.63, 3.8) is 0 Å². The smallest absolute Gasteiger partial charge is 0.407 e. The van der Waals surface area contributed by atoms with Crippen molar-refractivity contribution in [1.29, 1.82) is 0 Å². The highest BCUT2D eigenvalue weighted by atomic mass is 16.4. The molecular weight excluding hydrogens is 316 g/mol. The summed E-state index contributed by atoms with van der Waals surface area (Å²) in [7, 11) is 0. The van der Waals surface area contributed by atoms with E-state index < -0.39 is 6.09 Å². The SMILES string of the molecule is Cc1ccc(CC[N+]2(c3ccc(C)cn3)CCN(C(=O)O)CC2)nc1. The molecule has 2 aromatic heterocycles. The maximum Gasteiger partial charge on any atom is 0.407 e. The van der Waals surface area contributed by atoms with Crippen LogP contribution in [-0.4, -0.2) is 58.8 Å². The van der Waals surface area contributed by atoms with E-state index in [2.05, 4.69) is 34.2 Å². The van der Waals surface area contributed by atoms with E-state index >= 15 is 0 Å². The van der Waals surface area contributed by atoms with Crippen LogP contribution in [0.25, 0.3) is 0 Å². The largest absolute Gasteiger partial charge is 0.465 e. The molecule has 1 aliphatic rings. The number of nitrogens with zero attached hydrogens (tertiary/aromatic N) is 4. The molecule has 0 unspecified atom stereocenters. The molecule has 0 saturated carbocycles. The van der Waals surface area contributed by atoms with Crippen molar-refractivity contribution in [2.24, 2.45) is 0 Å². The van der Waals surface area contributed by atoms with Crippen LogP contribution in [0.2, 0.25) is 0 Å². The van der Waals surface area contributed by atoms with Gasteiger partial charge >= 0.3 is 6.09 Å². The Hall–Kier alpha value is -2.47. The van der Waals surface area contributed by atoms with Crippen molar-refractivity contribution in [2.45, 2.75) is 20.3 Å². The predicted octanol–water partition coefficient (Wildman–Crippen LogP) is 2.64. The molecule has 6 nitrogen and oxygen atoms in total. The zero-order chi connectivity index (χ0) is 17.9. The number of quaternary nitrogens is 1. The third-order valence-electron chi connectivity index (χ3n) is 5.02. The van der Waals surface area contributed by atoms with E-state index in [9.17, 15) is 9.90 Å². The van der Waals surface area contributed by atoms with E-state index in [4.69, 9.17) is 0 Å². The average Bonchev–Trinajstić information content (AvgIpc) is 2.62. The first-order valence-electron chi connectivity index (χ1n) is 8.67. The van der Waals surface area contributed by atoms with Gasteiger partial charge in [0.2, 0.25) is 5.82 Å². The first-order chi connectivity index (χ1) is 12.0. The summed E-state index contributed by atoms with van der Waals surface area (Å²) in [5.41, 5.74) is 3.35. The molecule has 1 fully saturated rings. The molecule has 3 heterocycles. The Morgan fingerprint density at radius 1 is 1.08 bits per heavy atom. The van der Waals surface area contributed by atoms with Gasteiger partial charge in [-0.1, -0.05) is 12.1 Å². The third kappa shape index (κ3) is 3.96. The minimum atomic E-state index is -0.838. The number of aryl methyl sites for hydroxylation is 2. The van der Waals surface area contributed by atoms with Crippen LogP contribution in [0.15, 0.2) is 36.7 Å². The van der Waals surface area contributed by atoms with Gasteiger partial charge in [-0.05, 0) is 31.0 Å². The molecule has 0 aromatic carbocycles. The Kier molecular flexibility index (Phi) is 4.99. The lowest BCUT2D eigenvalue weighted by Crippen LogP contribution is -2.62. The minimum absolute atomic E-state index is 0.534. The fraction of sp³-hybridized carbons (Fsp3) is 0.421. The van der Waals surface area contributed by atoms with E-state index in [0.29, 0.717) is 17.6 Å². The van der Waals surface area contributed by atoms with Gasteiger partial charge in [-0.3, -0.25) is 14.4 Å². The van der Waals surface area contributed by atoms with Crippen LogP contribution >= 0.6 is 0 Å². The lowest BCUT2D eigenvalue weighted by atomic mass is 10.1. The summed E-state index contributed by atoms with van der Waals surface area (Å²) in [6, 6.07) is 8.31. The van der Waals surface area contributed by atoms with E-state index in [1.165, 1.54) is 4.90 Å². The first kappa shape index (κ1) is 17.4. The normalized spacial score (nSPS) is 16.6. The molecule has 0 radical (unpaired) electrons. The quantitative estimate of drug-likeness (QED) is 0.868. The summed E-state index contributed by atoms with van der Waals surface area (Å²) in [5.74, 6) is 1.02. The van der Waals surface area contributed by atoms with Crippen LogP contribution in [0.3, 0.4) is 0 Å². The Morgan fingerprint density at radius 2 is 1.72 bits per heavy atom. The van der Waals surface area contributed by atoms with Crippen molar-refractivity contribution in [3.8, 4) is 0 Å². The summed E-state index contributed by atoms with van der Waals surface area (Å²) in [4.78, 5) is 21.9. The highest BCUT2D eigenvalue weighted by molar-refractivity contribution is 5.65. The highest BCUT2D eigenvalue weighted by Gasteiger charge is 2.37. The number of carbonyl (C=O) groups is 1. The number of rotatable bonds is 4. The Morgan fingerprint density at radius 3 is 2.24 bits per heavy atom. The standard InChI is InChI=1S/C19H24N4O2/c1-15-3-5-17(20-13-15)7-10-23(18-6-4-16(2)14-21-18)11-8-22(9-12-23)19(24)25/h3-6,13-14H,7-12H2,1-2H3/p+1. The molecule has 0 bridgehead atoms. The second kappa shape index (κ2) is 7.19. The molecule has 0 atom stereocenters. The average molecular weight is 341 g/mol. The van der Waals surface area contributed by atoms with Crippen LogP contribution < -0.4 is 4.48 Å². The second-order valence-electron chi connectivity index (χ2n) is 6.86. The van der Waals surface area contributed by atoms with Crippen molar-refractivity contribution < 1.29 is 9.90 Å². The highest BCUT2D eigenvalue weighted by Crippen LogP contribution is 2.24. The zero-order valence-corrected chi connectivity index (χ0v) is 14.9. The number of amides is 1. The maximum atomic E-state index is 11.3. The first-order valence-corrected chi connectivity index (χ1v) is 8.67. The Labute approximate surface area is 148 Å².